The number of nitrogens with one attached hydrogen (secondary N) is 1. The maximum Gasteiger partial charge on any atom is 0.425 e. The summed E-state index contributed by atoms with van der Waals surface area (Å²) in [6, 6.07) is 9.00. The number of halogens is 3. The Hall–Kier alpha value is -3.42. The van der Waals surface area contributed by atoms with E-state index in [0.29, 0.717) is 41.2 Å². The Morgan fingerprint density at radius 2 is 1.89 bits per heavy atom. The lowest BCUT2D eigenvalue weighted by molar-refractivity contribution is -0.134. The molecule has 2 aromatic rings. The lowest BCUT2D eigenvalue weighted by atomic mass is 10.1. The van der Waals surface area contributed by atoms with Crippen LogP contribution < -0.4 is 5.32 Å². The molecule has 13 heteroatoms. The van der Waals surface area contributed by atoms with Gasteiger partial charge in [-0.15, -0.1) is 11.3 Å². The number of aliphatic imine (C=N–C) groups is 1. The summed E-state index contributed by atoms with van der Waals surface area (Å²) in [5.74, 6) is -1.90. The van der Waals surface area contributed by atoms with Crippen molar-refractivity contribution in [2.75, 3.05) is 45.7 Å². The second kappa shape index (κ2) is 12.9. The van der Waals surface area contributed by atoms with Crippen LogP contribution in [0, 0.1) is 0 Å². The van der Waals surface area contributed by atoms with Gasteiger partial charge in [0.25, 0.3) is 0 Å². The van der Waals surface area contributed by atoms with Gasteiger partial charge in [-0.2, -0.15) is 13.2 Å². The number of carboxylic acid groups (broad SMARTS) is 2. The number of anilines is 2. The third-order valence-electron chi connectivity index (χ3n) is 5.96. The quantitative estimate of drug-likeness (QED) is 0.349. The summed E-state index contributed by atoms with van der Waals surface area (Å²) in [6.07, 6.45) is -1.36. The molecule has 3 N–H and O–H groups in total. The number of amidine groups is 1. The number of carbonyl (C=O) groups is 2. The third kappa shape index (κ3) is 7.79. The summed E-state index contributed by atoms with van der Waals surface area (Å²) in [7, 11) is 3.79. The van der Waals surface area contributed by atoms with Crippen molar-refractivity contribution in [2.45, 2.75) is 25.1 Å². The highest BCUT2D eigenvalue weighted by molar-refractivity contribution is 7.16. The molecule has 206 valence electrons. The number of piperazine rings is 1. The van der Waals surface area contributed by atoms with Gasteiger partial charge < -0.3 is 25.2 Å². The minimum atomic E-state index is -4.38. The lowest BCUT2D eigenvalue weighted by Crippen LogP contribution is -2.53. The monoisotopic (exact) mass is 554 g/mol. The fourth-order valence-electron chi connectivity index (χ4n) is 4.06. The molecule has 0 unspecified atom stereocenters. The highest BCUT2D eigenvalue weighted by Crippen LogP contribution is 2.44. The molecule has 1 aromatic carbocycles. The normalized spacial score (nSPS) is 17.4. The molecule has 2 aliphatic heterocycles. The molecular weight excluding hydrogens is 525 g/mol. The number of rotatable bonds is 6. The first kappa shape index (κ1) is 29.1. The van der Waals surface area contributed by atoms with Gasteiger partial charge in [0.05, 0.1) is 16.9 Å². The van der Waals surface area contributed by atoms with Crippen LogP contribution in [0.4, 0.5) is 29.5 Å². The van der Waals surface area contributed by atoms with Gasteiger partial charge in [-0.05, 0) is 38.1 Å². The van der Waals surface area contributed by atoms with Crippen molar-refractivity contribution in [2.24, 2.45) is 4.99 Å². The molecule has 0 spiro atoms. The van der Waals surface area contributed by atoms with Crippen LogP contribution in [0.1, 0.15) is 23.3 Å². The Kier molecular flexibility index (Phi) is 9.89. The summed E-state index contributed by atoms with van der Waals surface area (Å²) in [6.45, 7) is 2.97. The van der Waals surface area contributed by atoms with E-state index in [0.717, 1.165) is 55.2 Å². The molecule has 3 heterocycles. The fraction of sp³-hybridized carbons (Fsp3) is 0.400. The number of carboxylic acids is 2. The Labute approximate surface area is 221 Å². The van der Waals surface area contributed by atoms with Crippen molar-refractivity contribution in [3.8, 4) is 0 Å². The van der Waals surface area contributed by atoms with Crippen LogP contribution in [-0.2, 0) is 20.5 Å². The van der Waals surface area contributed by atoms with Crippen molar-refractivity contribution in [3.05, 3.63) is 52.9 Å². The number of para-hydroxylation sites is 2. The number of ether oxygens (including phenoxy) is 1. The SMILES string of the molecule is COCCC[C@H]1CN(C2=Nc3ccccc3Nc3sc(C(F)(F)F)cc32)CCN1C.O=C(O)/C=C\C(=O)O. The average molecular weight is 555 g/mol. The number of hydrogen-bond donors (Lipinski definition) is 3. The fourth-order valence-corrected chi connectivity index (χ4v) is 4.99. The van der Waals surface area contributed by atoms with Gasteiger partial charge in [0.1, 0.15) is 15.7 Å². The zero-order valence-electron chi connectivity index (χ0n) is 20.9. The molecule has 1 saturated heterocycles. The van der Waals surface area contributed by atoms with E-state index in [9.17, 15) is 22.8 Å². The van der Waals surface area contributed by atoms with Gasteiger partial charge in [-0.3, -0.25) is 4.90 Å². The van der Waals surface area contributed by atoms with E-state index in [1.807, 2.05) is 24.3 Å². The predicted octanol–water partition coefficient (Wildman–Crippen LogP) is 4.66. The first-order chi connectivity index (χ1) is 18.0. The molecule has 0 radical (unpaired) electrons. The molecule has 9 nitrogen and oxygen atoms in total. The zero-order chi connectivity index (χ0) is 27.9. The van der Waals surface area contributed by atoms with Crippen LogP contribution >= 0.6 is 11.3 Å². The maximum absolute atomic E-state index is 13.4. The summed E-state index contributed by atoms with van der Waals surface area (Å²) in [5.41, 5.74) is 1.97. The van der Waals surface area contributed by atoms with E-state index in [1.54, 1.807) is 7.11 Å². The first-order valence-electron chi connectivity index (χ1n) is 11.7. The van der Waals surface area contributed by atoms with Gasteiger partial charge >= 0.3 is 18.1 Å². The third-order valence-corrected chi connectivity index (χ3v) is 7.06. The van der Waals surface area contributed by atoms with Gasteiger partial charge in [0, 0.05) is 51.5 Å². The van der Waals surface area contributed by atoms with E-state index < -0.39 is 23.0 Å². The Balaban J connectivity index is 0.000000436. The van der Waals surface area contributed by atoms with Gasteiger partial charge in [0.15, 0.2) is 0 Å². The summed E-state index contributed by atoms with van der Waals surface area (Å²) in [5, 5.41) is 19.3. The minimum absolute atomic E-state index is 0.298. The second-order valence-electron chi connectivity index (χ2n) is 8.65. The number of methoxy groups -OCH3 is 1. The van der Waals surface area contributed by atoms with Crippen LogP contribution in [0.3, 0.4) is 0 Å². The largest absolute Gasteiger partial charge is 0.478 e. The first-order valence-corrected chi connectivity index (χ1v) is 12.6. The summed E-state index contributed by atoms with van der Waals surface area (Å²) in [4.78, 5) is 27.8. The highest BCUT2D eigenvalue weighted by atomic mass is 32.1. The molecule has 0 amide bonds. The number of likely N-dealkylation sites (N-methyl/N-ethyl adjacent to an activating group) is 1. The van der Waals surface area contributed by atoms with Crippen molar-refractivity contribution in [3.63, 3.8) is 0 Å². The number of nitrogens with zero attached hydrogens (tertiary/aromatic N) is 3. The molecular formula is C25H29F3N4O5S. The van der Waals surface area contributed by atoms with Crippen LogP contribution in [0.5, 0.6) is 0 Å². The number of alkyl halides is 3. The Bertz CT molecular complexity index is 1180. The summed E-state index contributed by atoms with van der Waals surface area (Å²) < 4.78 is 45.5. The van der Waals surface area contributed by atoms with Crippen LogP contribution in [-0.4, -0.2) is 84.2 Å². The topological polar surface area (TPSA) is 115 Å². The summed E-state index contributed by atoms with van der Waals surface area (Å²) >= 11 is 0.735. The number of thiophene rings is 1. The van der Waals surface area contributed by atoms with Crippen LogP contribution in [0.25, 0.3) is 0 Å². The predicted molar refractivity (Wildman–Crippen MR) is 139 cm³/mol. The molecule has 4 rings (SSSR count). The van der Waals surface area contributed by atoms with E-state index in [1.165, 1.54) is 6.07 Å². The van der Waals surface area contributed by atoms with Crippen molar-refractivity contribution in [1.29, 1.82) is 0 Å². The van der Waals surface area contributed by atoms with Crippen molar-refractivity contribution < 1.29 is 37.7 Å². The van der Waals surface area contributed by atoms with Crippen molar-refractivity contribution in [1.82, 2.24) is 9.80 Å². The minimum Gasteiger partial charge on any atom is -0.478 e. The van der Waals surface area contributed by atoms with E-state index in [4.69, 9.17) is 19.9 Å². The van der Waals surface area contributed by atoms with E-state index in [2.05, 4.69) is 22.2 Å². The molecule has 0 aliphatic carbocycles. The zero-order valence-corrected chi connectivity index (χ0v) is 21.7. The lowest BCUT2D eigenvalue weighted by Gasteiger charge is -2.41. The van der Waals surface area contributed by atoms with E-state index in [-0.39, 0.29) is 0 Å². The molecule has 0 bridgehead atoms. The smallest absolute Gasteiger partial charge is 0.425 e. The Morgan fingerprint density at radius 1 is 1.21 bits per heavy atom. The number of fused-ring (bicyclic) bond motifs is 2. The highest BCUT2D eigenvalue weighted by Gasteiger charge is 2.37. The molecule has 1 atom stereocenters. The van der Waals surface area contributed by atoms with E-state index >= 15 is 0 Å². The van der Waals surface area contributed by atoms with Gasteiger partial charge in [0.2, 0.25) is 0 Å². The van der Waals surface area contributed by atoms with Crippen LogP contribution in [0.15, 0.2) is 47.5 Å². The number of hydrogen-bond acceptors (Lipinski definition) is 8. The second-order valence-corrected chi connectivity index (χ2v) is 9.71. The average Bonchev–Trinajstić information content (AvgIpc) is 3.21. The standard InChI is InChI=1S/C21H25F3N4OS.C4H4O4/c1-27-9-10-28(13-14(27)6-5-11-29-2)19-15-12-18(21(22,23)24)30-20(15)26-17-8-4-3-7-16(17)25-19;5-3(6)1-2-4(7)8/h3-4,7-8,12,14,26H,5-6,9-11,13H2,1-2H3;1-2H,(H,5,6)(H,7,8)/b;2-1-/t14-;/m0./s1. The Morgan fingerprint density at radius 3 is 2.53 bits per heavy atom. The molecule has 38 heavy (non-hydrogen) atoms. The maximum atomic E-state index is 13.4. The molecule has 2 aliphatic rings. The molecule has 1 aromatic heterocycles. The van der Waals surface area contributed by atoms with Crippen LogP contribution in [0.2, 0.25) is 0 Å². The number of benzene rings is 1. The molecule has 1 fully saturated rings. The van der Waals surface area contributed by atoms with Crippen molar-refractivity contribution >= 4 is 45.5 Å². The van der Waals surface area contributed by atoms with Gasteiger partial charge in [-0.1, -0.05) is 12.1 Å². The molecule has 0 saturated carbocycles. The number of aliphatic carboxylic acids is 2. The van der Waals surface area contributed by atoms with Gasteiger partial charge in [-0.25, -0.2) is 14.6 Å².